The number of hydrogen-bond acceptors (Lipinski definition) is 6. The second-order valence-electron chi connectivity index (χ2n) is 3.00. The lowest BCUT2D eigenvalue weighted by molar-refractivity contribution is -0.144. The van der Waals surface area contributed by atoms with E-state index in [-0.39, 0.29) is 26.4 Å². The van der Waals surface area contributed by atoms with Gasteiger partial charge in [0.1, 0.15) is 6.61 Å². The summed E-state index contributed by atoms with van der Waals surface area (Å²) in [6.45, 7) is 3.32. The summed E-state index contributed by atoms with van der Waals surface area (Å²) in [6, 6.07) is 0. The molecule has 0 rings (SSSR count). The SMILES string of the molecule is CCOP(=O)(OCC)C(Cl)(Cl)C(=O)OCCOC. The molecule has 0 saturated heterocycles. The molecule has 0 aromatic carbocycles. The molecule has 0 aromatic rings. The first-order valence-electron chi connectivity index (χ1n) is 5.28. The first kappa shape index (κ1) is 18.2. The molecule has 108 valence electrons. The molecule has 0 N–H and O–H groups in total. The van der Waals surface area contributed by atoms with Crippen LogP contribution in [0, 0.1) is 0 Å². The molecule has 0 unspecified atom stereocenters. The first-order chi connectivity index (χ1) is 8.35. The van der Waals surface area contributed by atoms with Crippen molar-refractivity contribution in [3.8, 4) is 0 Å². The van der Waals surface area contributed by atoms with E-state index in [0.29, 0.717) is 0 Å². The second kappa shape index (κ2) is 8.35. The van der Waals surface area contributed by atoms with Gasteiger partial charge in [-0.2, -0.15) is 0 Å². The van der Waals surface area contributed by atoms with Crippen molar-refractivity contribution in [2.75, 3.05) is 33.5 Å². The van der Waals surface area contributed by atoms with Crippen LogP contribution in [0.5, 0.6) is 0 Å². The van der Waals surface area contributed by atoms with E-state index in [1.54, 1.807) is 13.8 Å². The maximum Gasteiger partial charge on any atom is 0.378 e. The van der Waals surface area contributed by atoms with Crippen LogP contribution in [0.1, 0.15) is 13.8 Å². The molecule has 0 radical (unpaired) electrons. The summed E-state index contributed by atoms with van der Waals surface area (Å²) < 4.78 is 29.1. The summed E-state index contributed by atoms with van der Waals surface area (Å²) in [5, 5.41) is 0. The Bertz CT molecular complexity index is 299. The van der Waals surface area contributed by atoms with Crippen molar-refractivity contribution in [1.29, 1.82) is 0 Å². The predicted molar refractivity (Wildman–Crippen MR) is 68.1 cm³/mol. The minimum atomic E-state index is -4.01. The van der Waals surface area contributed by atoms with Gasteiger partial charge in [0.2, 0.25) is 0 Å². The predicted octanol–water partition coefficient (Wildman–Crippen LogP) is 2.57. The van der Waals surface area contributed by atoms with E-state index in [9.17, 15) is 9.36 Å². The van der Waals surface area contributed by atoms with Gasteiger partial charge in [0.05, 0.1) is 19.8 Å². The molecular formula is C9H17Cl2O6P. The number of rotatable bonds is 9. The Balaban J connectivity index is 4.82. The Morgan fingerprint density at radius 2 is 1.67 bits per heavy atom. The highest BCUT2D eigenvalue weighted by atomic mass is 35.5. The van der Waals surface area contributed by atoms with Gasteiger partial charge in [-0.25, -0.2) is 4.79 Å². The van der Waals surface area contributed by atoms with Crippen LogP contribution in [0.2, 0.25) is 0 Å². The highest BCUT2D eigenvalue weighted by molar-refractivity contribution is 7.61. The third kappa shape index (κ3) is 4.68. The molecule has 6 nitrogen and oxygen atoms in total. The van der Waals surface area contributed by atoms with Gasteiger partial charge in [-0.1, -0.05) is 23.2 Å². The van der Waals surface area contributed by atoms with E-state index in [0.717, 1.165) is 0 Å². The highest BCUT2D eigenvalue weighted by Gasteiger charge is 2.56. The van der Waals surface area contributed by atoms with Gasteiger partial charge in [-0.05, 0) is 13.8 Å². The summed E-state index contributed by atoms with van der Waals surface area (Å²) in [4.78, 5) is 11.7. The topological polar surface area (TPSA) is 71.1 Å². The summed E-state index contributed by atoms with van der Waals surface area (Å²) in [5.41, 5.74) is 0. The van der Waals surface area contributed by atoms with Crippen LogP contribution < -0.4 is 0 Å². The molecule has 0 heterocycles. The standard InChI is InChI=1S/C9H17Cl2O6P/c1-4-16-18(13,17-5-2)9(10,11)8(12)15-7-6-14-3/h4-7H2,1-3H3. The molecule has 0 fully saturated rings. The summed E-state index contributed by atoms with van der Waals surface area (Å²) in [7, 11) is -2.57. The Kier molecular flexibility index (Phi) is 8.43. The number of carbonyl (C=O) groups excluding carboxylic acids is 1. The molecule has 0 aliphatic heterocycles. The van der Waals surface area contributed by atoms with E-state index in [2.05, 4.69) is 0 Å². The Hall–Kier alpha value is 0.160. The second-order valence-corrected chi connectivity index (χ2v) is 7.04. The molecule has 0 spiro atoms. The van der Waals surface area contributed by atoms with Crippen LogP contribution in [-0.2, 0) is 27.9 Å². The monoisotopic (exact) mass is 322 g/mol. The van der Waals surface area contributed by atoms with Crippen LogP contribution in [0.25, 0.3) is 0 Å². The lowest BCUT2D eigenvalue weighted by Gasteiger charge is -2.26. The fourth-order valence-electron chi connectivity index (χ4n) is 0.956. The van der Waals surface area contributed by atoms with Gasteiger partial charge in [0.15, 0.2) is 0 Å². The molecule has 9 heteroatoms. The maximum atomic E-state index is 12.3. The molecule has 18 heavy (non-hydrogen) atoms. The fraction of sp³-hybridized carbons (Fsp3) is 0.889. The third-order valence-electron chi connectivity index (χ3n) is 1.71. The molecule has 0 amide bonds. The smallest absolute Gasteiger partial charge is 0.378 e. The molecule has 0 atom stereocenters. The lowest BCUT2D eigenvalue weighted by atomic mass is 10.7. The highest BCUT2D eigenvalue weighted by Crippen LogP contribution is 2.64. The number of hydrogen-bond donors (Lipinski definition) is 0. The molecule has 0 aromatic heterocycles. The van der Waals surface area contributed by atoms with Crippen LogP contribution in [-0.4, -0.2) is 43.6 Å². The largest absolute Gasteiger partial charge is 0.461 e. The zero-order valence-electron chi connectivity index (χ0n) is 10.5. The number of esters is 1. The summed E-state index contributed by atoms with van der Waals surface area (Å²) in [6.07, 6.45) is 0. The van der Waals surface area contributed by atoms with Crippen LogP contribution >= 0.6 is 30.8 Å². The van der Waals surface area contributed by atoms with Gasteiger partial charge < -0.3 is 18.5 Å². The summed E-state index contributed by atoms with van der Waals surface area (Å²) >= 11 is 11.5. The van der Waals surface area contributed by atoms with Gasteiger partial charge in [0.25, 0.3) is 0 Å². The molecule has 0 saturated carbocycles. The van der Waals surface area contributed by atoms with Gasteiger partial charge >= 0.3 is 17.6 Å². The number of halogens is 2. The van der Waals surface area contributed by atoms with Crippen LogP contribution in [0.15, 0.2) is 0 Å². The van der Waals surface area contributed by atoms with E-state index in [4.69, 9.17) is 41.7 Å². The van der Waals surface area contributed by atoms with E-state index in [1.165, 1.54) is 7.11 Å². The van der Waals surface area contributed by atoms with Crippen molar-refractivity contribution in [2.45, 2.75) is 17.9 Å². The minimum absolute atomic E-state index is 0.0316. The van der Waals surface area contributed by atoms with Crippen molar-refractivity contribution < 1.29 is 27.9 Å². The number of alkyl halides is 2. The first-order valence-corrected chi connectivity index (χ1v) is 7.58. The van der Waals surface area contributed by atoms with E-state index < -0.39 is 17.6 Å². The zero-order valence-corrected chi connectivity index (χ0v) is 12.9. The van der Waals surface area contributed by atoms with Gasteiger partial charge in [-0.15, -0.1) is 0 Å². The quantitative estimate of drug-likeness (QED) is 0.281. The van der Waals surface area contributed by atoms with Crippen molar-refractivity contribution >= 4 is 36.8 Å². The molecule has 0 aliphatic carbocycles. The van der Waals surface area contributed by atoms with Crippen molar-refractivity contribution in [2.24, 2.45) is 0 Å². The normalized spacial score (nSPS) is 12.5. The lowest BCUT2D eigenvalue weighted by Crippen LogP contribution is -2.31. The fourth-order valence-corrected chi connectivity index (χ4v) is 3.02. The average molecular weight is 323 g/mol. The van der Waals surface area contributed by atoms with Gasteiger partial charge in [0, 0.05) is 7.11 Å². The number of ether oxygens (including phenoxy) is 2. The van der Waals surface area contributed by atoms with Crippen molar-refractivity contribution in [3.63, 3.8) is 0 Å². The van der Waals surface area contributed by atoms with E-state index >= 15 is 0 Å². The Morgan fingerprint density at radius 3 is 2.06 bits per heavy atom. The van der Waals surface area contributed by atoms with Crippen LogP contribution in [0.4, 0.5) is 0 Å². The Morgan fingerprint density at radius 1 is 1.17 bits per heavy atom. The van der Waals surface area contributed by atoms with Gasteiger partial charge in [-0.3, -0.25) is 4.57 Å². The van der Waals surface area contributed by atoms with Crippen molar-refractivity contribution in [3.05, 3.63) is 0 Å². The zero-order chi connectivity index (χ0) is 14.2. The van der Waals surface area contributed by atoms with Crippen LogP contribution in [0.3, 0.4) is 0 Å². The Labute approximate surface area is 116 Å². The minimum Gasteiger partial charge on any atom is -0.461 e. The molecular weight excluding hydrogens is 306 g/mol. The number of methoxy groups -OCH3 is 1. The van der Waals surface area contributed by atoms with Crippen molar-refractivity contribution in [1.82, 2.24) is 0 Å². The number of carbonyl (C=O) groups is 1. The average Bonchev–Trinajstić information content (AvgIpc) is 2.29. The maximum absolute atomic E-state index is 12.3. The molecule has 0 aliphatic rings. The molecule has 0 bridgehead atoms. The third-order valence-corrected chi connectivity index (χ3v) is 5.33. The van der Waals surface area contributed by atoms with E-state index in [1.807, 2.05) is 0 Å². The summed E-state index contributed by atoms with van der Waals surface area (Å²) in [5.74, 6) is -1.09.